The smallest absolute Gasteiger partial charge is 0.260 e. The van der Waals surface area contributed by atoms with Gasteiger partial charge < -0.3 is 15.0 Å². The molecule has 19 heavy (non-hydrogen) atoms. The molecule has 2 saturated heterocycles. The van der Waals surface area contributed by atoms with Gasteiger partial charge in [-0.25, -0.2) is 0 Å². The number of hydrogen-bond donors (Lipinski definition) is 1. The van der Waals surface area contributed by atoms with E-state index < -0.39 is 0 Å². The van der Waals surface area contributed by atoms with Crippen molar-refractivity contribution in [2.45, 2.75) is 13.0 Å². The first-order valence-corrected chi connectivity index (χ1v) is 6.94. The highest BCUT2D eigenvalue weighted by Crippen LogP contribution is 2.32. The van der Waals surface area contributed by atoms with Crippen molar-refractivity contribution in [3.63, 3.8) is 0 Å². The van der Waals surface area contributed by atoms with E-state index in [0.717, 1.165) is 25.4 Å². The van der Waals surface area contributed by atoms with E-state index in [0.29, 0.717) is 17.9 Å². The van der Waals surface area contributed by atoms with Gasteiger partial charge >= 0.3 is 0 Å². The maximum atomic E-state index is 12.2. The number of ether oxygens (including phenoxy) is 1. The Morgan fingerprint density at radius 1 is 1.37 bits per heavy atom. The van der Waals surface area contributed by atoms with E-state index >= 15 is 0 Å². The van der Waals surface area contributed by atoms with Crippen LogP contribution in [-0.4, -0.2) is 43.1 Å². The van der Waals surface area contributed by atoms with Crippen LogP contribution in [-0.2, 0) is 4.79 Å². The molecule has 0 aliphatic carbocycles. The summed E-state index contributed by atoms with van der Waals surface area (Å²) >= 11 is 0. The van der Waals surface area contributed by atoms with Crippen molar-refractivity contribution < 1.29 is 9.53 Å². The Kier molecular flexibility index (Phi) is 3.42. The van der Waals surface area contributed by atoms with Crippen molar-refractivity contribution in [3.05, 3.63) is 30.3 Å². The van der Waals surface area contributed by atoms with Crippen LogP contribution in [0.4, 0.5) is 0 Å². The number of carbonyl (C=O) groups excluding carboxylic acids is 1. The Bertz CT molecular complexity index is 449. The molecule has 4 heteroatoms. The molecule has 1 aromatic rings. The van der Waals surface area contributed by atoms with E-state index in [-0.39, 0.29) is 12.5 Å². The fraction of sp³-hybridized carbons (Fsp3) is 0.533. The van der Waals surface area contributed by atoms with Gasteiger partial charge in [-0.1, -0.05) is 18.2 Å². The van der Waals surface area contributed by atoms with Crippen LogP contribution in [0.15, 0.2) is 30.3 Å². The van der Waals surface area contributed by atoms with E-state index in [1.165, 1.54) is 0 Å². The van der Waals surface area contributed by atoms with Gasteiger partial charge in [0.05, 0.1) is 0 Å². The summed E-state index contributed by atoms with van der Waals surface area (Å²) in [5.74, 6) is 2.09. The summed E-state index contributed by atoms with van der Waals surface area (Å²) < 4.78 is 5.54. The Morgan fingerprint density at radius 2 is 2.16 bits per heavy atom. The number of nitrogens with zero attached hydrogens (tertiary/aromatic N) is 1. The highest BCUT2D eigenvalue weighted by atomic mass is 16.5. The second-order valence-corrected chi connectivity index (χ2v) is 5.47. The maximum absolute atomic E-state index is 12.2. The van der Waals surface area contributed by atoms with Gasteiger partial charge in [0, 0.05) is 25.7 Å². The number of carbonyl (C=O) groups is 1. The Morgan fingerprint density at radius 3 is 2.89 bits per heavy atom. The number of amides is 1. The van der Waals surface area contributed by atoms with E-state index in [4.69, 9.17) is 4.74 Å². The lowest BCUT2D eigenvalue weighted by molar-refractivity contribution is -0.134. The highest BCUT2D eigenvalue weighted by Gasteiger charge is 2.43. The highest BCUT2D eigenvalue weighted by molar-refractivity contribution is 5.78. The normalized spacial score (nSPS) is 29.3. The molecule has 0 saturated carbocycles. The monoisotopic (exact) mass is 260 g/mol. The maximum Gasteiger partial charge on any atom is 0.260 e. The average Bonchev–Trinajstić information content (AvgIpc) is 3.01. The van der Waals surface area contributed by atoms with Gasteiger partial charge in [-0.2, -0.15) is 0 Å². The average molecular weight is 260 g/mol. The van der Waals surface area contributed by atoms with E-state index in [1.54, 1.807) is 0 Å². The van der Waals surface area contributed by atoms with Crippen LogP contribution in [0.25, 0.3) is 0 Å². The topological polar surface area (TPSA) is 41.6 Å². The molecule has 0 spiro atoms. The van der Waals surface area contributed by atoms with Crippen LogP contribution in [0, 0.1) is 11.8 Å². The van der Waals surface area contributed by atoms with Crippen LogP contribution in [0.5, 0.6) is 5.75 Å². The van der Waals surface area contributed by atoms with Crippen LogP contribution in [0.1, 0.15) is 6.92 Å². The molecule has 3 atom stereocenters. The standard InChI is InChI=1S/C15H20N2O2/c1-11-14-8-16-7-12(14)9-17(11)15(18)10-19-13-5-3-2-4-6-13/h2-6,11-12,14,16H,7-10H2,1H3. The Labute approximate surface area is 113 Å². The quantitative estimate of drug-likeness (QED) is 0.886. The fourth-order valence-corrected chi connectivity index (χ4v) is 3.24. The third-order valence-electron chi connectivity index (χ3n) is 4.36. The molecule has 2 heterocycles. The molecule has 1 aromatic carbocycles. The molecule has 0 aromatic heterocycles. The number of benzene rings is 1. The molecule has 0 bridgehead atoms. The van der Waals surface area contributed by atoms with E-state index in [2.05, 4.69) is 12.2 Å². The zero-order valence-electron chi connectivity index (χ0n) is 11.2. The fourth-order valence-electron chi connectivity index (χ4n) is 3.24. The van der Waals surface area contributed by atoms with Crippen molar-refractivity contribution in [2.24, 2.45) is 11.8 Å². The molecule has 0 radical (unpaired) electrons. The van der Waals surface area contributed by atoms with Crippen molar-refractivity contribution in [2.75, 3.05) is 26.2 Å². The van der Waals surface area contributed by atoms with Crippen molar-refractivity contribution >= 4 is 5.91 Å². The first-order valence-electron chi connectivity index (χ1n) is 6.94. The minimum atomic E-state index is 0.103. The third kappa shape index (κ3) is 2.45. The van der Waals surface area contributed by atoms with E-state index in [1.807, 2.05) is 35.2 Å². The van der Waals surface area contributed by atoms with Gasteiger partial charge in [-0.05, 0) is 30.9 Å². The predicted octanol–water partition coefficient (Wildman–Crippen LogP) is 1.13. The largest absolute Gasteiger partial charge is 0.484 e. The lowest BCUT2D eigenvalue weighted by atomic mass is 9.95. The van der Waals surface area contributed by atoms with Gasteiger partial charge in [0.25, 0.3) is 5.91 Å². The van der Waals surface area contributed by atoms with Gasteiger partial charge in [0.2, 0.25) is 0 Å². The summed E-state index contributed by atoms with van der Waals surface area (Å²) in [6, 6.07) is 9.83. The van der Waals surface area contributed by atoms with Crippen LogP contribution < -0.4 is 10.1 Å². The zero-order valence-corrected chi connectivity index (χ0v) is 11.2. The number of fused-ring (bicyclic) bond motifs is 1. The lowest BCUT2D eigenvalue weighted by Gasteiger charge is -2.24. The van der Waals surface area contributed by atoms with Crippen molar-refractivity contribution in [3.8, 4) is 5.75 Å². The van der Waals surface area contributed by atoms with Crippen LogP contribution >= 0.6 is 0 Å². The summed E-state index contributed by atoms with van der Waals surface area (Å²) in [5, 5.41) is 3.40. The number of para-hydroxylation sites is 1. The summed E-state index contributed by atoms with van der Waals surface area (Å²) in [6.45, 7) is 5.24. The van der Waals surface area contributed by atoms with Gasteiger partial charge in [-0.3, -0.25) is 4.79 Å². The Balaban J connectivity index is 1.56. The summed E-state index contributed by atoms with van der Waals surface area (Å²) in [6.07, 6.45) is 0. The molecule has 1 N–H and O–H groups in total. The van der Waals surface area contributed by atoms with Gasteiger partial charge in [-0.15, -0.1) is 0 Å². The number of nitrogens with one attached hydrogen (secondary N) is 1. The number of rotatable bonds is 3. The van der Waals surface area contributed by atoms with Gasteiger partial charge in [0.15, 0.2) is 6.61 Å². The minimum absolute atomic E-state index is 0.103. The molecule has 2 fully saturated rings. The number of hydrogen-bond acceptors (Lipinski definition) is 3. The van der Waals surface area contributed by atoms with E-state index in [9.17, 15) is 4.79 Å². The SMILES string of the molecule is CC1C2CNCC2CN1C(=O)COc1ccccc1. The predicted molar refractivity (Wildman–Crippen MR) is 73.0 cm³/mol. The molecule has 102 valence electrons. The number of likely N-dealkylation sites (tertiary alicyclic amines) is 1. The molecular weight excluding hydrogens is 240 g/mol. The third-order valence-corrected chi connectivity index (χ3v) is 4.36. The minimum Gasteiger partial charge on any atom is -0.484 e. The summed E-state index contributed by atoms with van der Waals surface area (Å²) in [5.41, 5.74) is 0. The van der Waals surface area contributed by atoms with Crippen LogP contribution in [0.3, 0.4) is 0 Å². The van der Waals surface area contributed by atoms with Crippen LogP contribution in [0.2, 0.25) is 0 Å². The second kappa shape index (κ2) is 5.21. The summed E-state index contributed by atoms with van der Waals surface area (Å²) in [7, 11) is 0. The van der Waals surface area contributed by atoms with Crippen molar-refractivity contribution in [1.82, 2.24) is 10.2 Å². The molecular formula is C15H20N2O2. The second-order valence-electron chi connectivity index (χ2n) is 5.47. The molecule has 3 unspecified atom stereocenters. The molecule has 2 aliphatic rings. The Hall–Kier alpha value is -1.55. The lowest BCUT2D eigenvalue weighted by Crippen LogP contribution is -2.40. The zero-order chi connectivity index (χ0) is 13.2. The summed E-state index contributed by atoms with van der Waals surface area (Å²) in [4.78, 5) is 14.2. The van der Waals surface area contributed by atoms with Crippen molar-refractivity contribution in [1.29, 1.82) is 0 Å². The first kappa shape index (κ1) is 12.5. The first-order chi connectivity index (χ1) is 9.25. The molecule has 4 nitrogen and oxygen atoms in total. The molecule has 1 amide bonds. The molecule has 2 aliphatic heterocycles. The molecule has 3 rings (SSSR count). The van der Waals surface area contributed by atoms with Gasteiger partial charge in [0.1, 0.15) is 5.75 Å².